The molecule has 1 atom stereocenters. The Hall–Kier alpha value is -1.75. The highest BCUT2D eigenvalue weighted by molar-refractivity contribution is 5.81. The Morgan fingerprint density at radius 3 is 3.05 bits per heavy atom. The first-order valence-electron chi connectivity index (χ1n) is 7.61. The molecule has 1 unspecified atom stereocenters. The summed E-state index contributed by atoms with van der Waals surface area (Å²) in [5.74, 6) is 1.72. The molecule has 2 heterocycles. The van der Waals surface area contributed by atoms with E-state index in [1.165, 1.54) is 6.42 Å². The number of likely N-dealkylation sites (N-methyl/N-ethyl adjacent to an activating group) is 1. The van der Waals surface area contributed by atoms with Crippen molar-refractivity contribution < 1.29 is 14.3 Å². The predicted molar refractivity (Wildman–Crippen MR) is 79.3 cm³/mol. The van der Waals surface area contributed by atoms with E-state index >= 15 is 0 Å². The van der Waals surface area contributed by atoms with E-state index in [-0.39, 0.29) is 18.7 Å². The maximum atomic E-state index is 12.5. The molecule has 0 saturated carbocycles. The highest BCUT2D eigenvalue weighted by Gasteiger charge is 2.23. The summed E-state index contributed by atoms with van der Waals surface area (Å²) in [7, 11) is 1.86. The molecule has 0 bridgehead atoms. The molecule has 5 heteroatoms. The molecule has 3 rings (SSSR count). The van der Waals surface area contributed by atoms with Gasteiger partial charge in [0.15, 0.2) is 11.5 Å². The number of benzene rings is 1. The Morgan fingerprint density at radius 2 is 2.14 bits per heavy atom. The molecule has 0 aliphatic carbocycles. The molecule has 114 valence electrons. The van der Waals surface area contributed by atoms with Crippen molar-refractivity contribution in [2.24, 2.45) is 0 Å². The van der Waals surface area contributed by atoms with Crippen LogP contribution in [0, 0.1) is 0 Å². The van der Waals surface area contributed by atoms with Crippen LogP contribution in [-0.2, 0) is 11.3 Å². The van der Waals surface area contributed by atoms with Gasteiger partial charge in [0, 0.05) is 13.6 Å². The number of rotatable bonds is 3. The maximum absolute atomic E-state index is 12.5. The van der Waals surface area contributed by atoms with Crippen molar-refractivity contribution in [3.8, 4) is 11.5 Å². The Labute approximate surface area is 125 Å². The zero-order valence-electron chi connectivity index (χ0n) is 12.4. The van der Waals surface area contributed by atoms with Crippen LogP contribution < -0.4 is 14.8 Å². The van der Waals surface area contributed by atoms with Crippen LogP contribution in [0.4, 0.5) is 0 Å². The van der Waals surface area contributed by atoms with Crippen molar-refractivity contribution in [2.75, 3.05) is 20.4 Å². The second-order valence-corrected chi connectivity index (χ2v) is 5.74. The molecule has 2 aliphatic rings. The number of fused-ring (bicyclic) bond motifs is 1. The average molecular weight is 290 g/mol. The maximum Gasteiger partial charge on any atom is 0.239 e. The fraction of sp³-hybridized carbons (Fsp3) is 0.562. The summed E-state index contributed by atoms with van der Waals surface area (Å²) >= 11 is 0. The number of carbonyl (C=O) groups excluding carboxylic acids is 1. The molecule has 1 saturated heterocycles. The summed E-state index contributed by atoms with van der Waals surface area (Å²) in [5, 5.41) is 3.35. The monoisotopic (exact) mass is 290 g/mol. The van der Waals surface area contributed by atoms with Crippen LogP contribution in [0.1, 0.15) is 31.2 Å². The number of hydrogen-bond donors (Lipinski definition) is 1. The second kappa shape index (κ2) is 6.35. The van der Waals surface area contributed by atoms with Crippen LogP contribution in [0.5, 0.6) is 11.5 Å². The molecule has 1 fully saturated rings. The predicted octanol–water partition coefficient (Wildman–Crippen LogP) is 1.91. The highest BCUT2D eigenvalue weighted by Crippen LogP contribution is 2.32. The molecule has 1 aromatic carbocycles. The van der Waals surface area contributed by atoms with Gasteiger partial charge in [-0.05, 0) is 37.1 Å². The lowest BCUT2D eigenvalue weighted by atomic mass is 10.1. The van der Waals surface area contributed by atoms with Gasteiger partial charge in [-0.2, -0.15) is 0 Å². The number of hydrogen-bond acceptors (Lipinski definition) is 4. The molecular weight excluding hydrogens is 268 g/mol. The Morgan fingerprint density at radius 1 is 1.29 bits per heavy atom. The van der Waals surface area contributed by atoms with Crippen LogP contribution in [0.2, 0.25) is 0 Å². The van der Waals surface area contributed by atoms with E-state index in [9.17, 15) is 4.79 Å². The van der Waals surface area contributed by atoms with Crippen LogP contribution in [0.25, 0.3) is 0 Å². The molecule has 1 N–H and O–H groups in total. The Kier molecular flexibility index (Phi) is 4.29. The van der Waals surface area contributed by atoms with Gasteiger partial charge in [0.25, 0.3) is 0 Å². The normalized spacial score (nSPS) is 20.9. The van der Waals surface area contributed by atoms with Crippen molar-refractivity contribution in [2.45, 2.75) is 38.3 Å². The SMILES string of the molecule is CN(Cc1ccc2c(c1)OCO2)C(=O)C1CCCCCN1. The van der Waals surface area contributed by atoms with E-state index in [2.05, 4.69) is 5.32 Å². The minimum absolute atomic E-state index is 0.0356. The minimum atomic E-state index is -0.0356. The molecule has 1 amide bonds. The van der Waals surface area contributed by atoms with Gasteiger partial charge >= 0.3 is 0 Å². The highest BCUT2D eigenvalue weighted by atomic mass is 16.7. The van der Waals surface area contributed by atoms with Crippen molar-refractivity contribution in [3.05, 3.63) is 23.8 Å². The first-order valence-corrected chi connectivity index (χ1v) is 7.61. The largest absolute Gasteiger partial charge is 0.454 e. The van der Waals surface area contributed by atoms with Gasteiger partial charge in [0.1, 0.15) is 0 Å². The van der Waals surface area contributed by atoms with Gasteiger partial charge < -0.3 is 19.7 Å². The van der Waals surface area contributed by atoms with Crippen molar-refractivity contribution in [1.82, 2.24) is 10.2 Å². The van der Waals surface area contributed by atoms with Gasteiger partial charge in [0.2, 0.25) is 12.7 Å². The fourth-order valence-corrected chi connectivity index (χ4v) is 2.90. The van der Waals surface area contributed by atoms with Gasteiger partial charge in [0.05, 0.1) is 6.04 Å². The molecule has 0 aromatic heterocycles. The molecule has 1 aromatic rings. The quantitative estimate of drug-likeness (QED) is 0.924. The van der Waals surface area contributed by atoms with Crippen molar-refractivity contribution in [3.63, 3.8) is 0 Å². The Balaban J connectivity index is 1.62. The van der Waals surface area contributed by atoms with Crippen LogP contribution >= 0.6 is 0 Å². The third-order valence-corrected chi connectivity index (χ3v) is 4.09. The summed E-state index contributed by atoms with van der Waals surface area (Å²) in [6.45, 7) is 1.81. The van der Waals surface area contributed by atoms with Crippen LogP contribution in [0.15, 0.2) is 18.2 Å². The van der Waals surface area contributed by atoms with E-state index in [1.807, 2.05) is 25.2 Å². The lowest BCUT2D eigenvalue weighted by Gasteiger charge is -2.23. The fourth-order valence-electron chi connectivity index (χ4n) is 2.90. The molecular formula is C16H22N2O3. The lowest BCUT2D eigenvalue weighted by Crippen LogP contribution is -2.44. The standard InChI is InChI=1S/C16H22N2O3/c1-18(16(19)13-5-3-2-4-8-17-13)10-12-6-7-14-15(9-12)21-11-20-14/h6-7,9,13,17H,2-5,8,10-11H2,1H3. The van der Waals surface area contributed by atoms with E-state index in [0.29, 0.717) is 6.54 Å². The summed E-state index contributed by atoms with van der Waals surface area (Å²) in [6.07, 6.45) is 4.43. The molecule has 0 radical (unpaired) electrons. The third kappa shape index (κ3) is 3.29. The number of nitrogens with one attached hydrogen (secondary N) is 1. The minimum Gasteiger partial charge on any atom is -0.454 e. The van der Waals surface area contributed by atoms with Gasteiger partial charge in [-0.1, -0.05) is 18.9 Å². The third-order valence-electron chi connectivity index (χ3n) is 4.09. The number of carbonyl (C=O) groups is 1. The van der Waals surface area contributed by atoms with Crippen LogP contribution in [0.3, 0.4) is 0 Å². The van der Waals surface area contributed by atoms with Gasteiger partial charge in [-0.15, -0.1) is 0 Å². The van der Waals surface area contributed by atoms with E-state index in [1.54, 1.807) is 4.90 Å². The van der Waals surface area contributed by atoms with E-state index < -0.39 is 0 Å². The summed E-state index contributed by atoms with van der Waals surface area (Å²) in [4.78, 5) is 14.3. The molecule has 5 nitrogen and oxygen atoms in total. The first-order chi connectivity index (χ1) is 10.2. The first kappa shape index (κ1) is 14.2. The number of nitrogens with zero attached hydrogens (tertiary/aromatic N) is 1. The van der Waals surface area contributed by atoms with E-state index in [0.717, 1.165) is 42.9 Å². The average Bonchev–Trinajstić information content (AvgIpc) is 2.78. The summed E-state index contributed by atoms with van der Waals surface area (Å²) in [5.41, 5.74) is 1.06. The molecule has 0 spiro atoms. The molecule has 21 heavy (non-hydrogen) atoms. The van der Waals surface area contributed by atoms with E-state index in [4.69, 9.17) is 9.47 Å². The zero-order valence-corrected chi connectivity index (χ0v) is 12.4. The number of amides is 1. The Bertz CT molecular complexity index is 510. The number of ether oxygens (including phenoxy) is 2. The topological polar surface area (TPSA) is 50.8 Å². The van der Waals surface area contributed by atoms with Gasteiger partial charge in [-0.3, -0.25) is 4.79 Å². The summed E-state index contributed by atoms with van der Waals surface area (Å²) < 4.78 is 10.7. The second-order valence-electron chi connectivity index (χ2n) is 5.74. The summed E-state index contributed by atoms with van der Waals surface area (Å²) in [6, 6.07) is 5.80. The van der Waals surface area contributed by atoms with Gasteiger partial charge in [-0.25, -0.2) is 0 Å². The van der Waals surface area contributed by atoms with Crippen LogP contribution in [-0.4, -0.2) is 37.2 Å². The lowest BCUT2D eigenvalue weighted by molar-refractivity contribution is -0.132. The van der Waals surface area contributed by atoms with Crippen molar-refractivity contribution in [1.29, 1.82) is 0 Å². The smallest absolute Gasteiger partial charge is 0.239 e. The van der Waals surface area contributed by atoms with Crippen molar-refractivity contribution >= 4 is 5.91 Å². The molecule has 2 aliphatic heterocycles. The zero-order chi connectivity index (χ0) is 14.7.